The molecule has 0 radical (unpaired) electrons. The Kier molecular flexibility index (Phi) is 7.11. The van der Waals surface area contributed by atoms with Crippen molar-refractivity contribution in [3.63, 3.8) is 0 Å². The summed E-state index contributed by atoms with van der Waals surface area (Å²) in [6.45, 7) is 3.19. The van der Waals surface area contributed by atoms with Gasteiger partial charge in [-0.15, -0.1) is 0 Å². The first-order chi connectivity index (χ1) is 12.9. The summed E-state index contributed by atoms with van der Waals surface area (Å²) in [4.78, 5) is 37.0. The molecule has 0 aliphatic carbocycles. The molecule has 142 valence electrons. The average molecular weight is 369 g/mol. The Hall–Kier alpha value is -3.15. The number of esters is 1. The maximum absolute atomic E-state index is 12.5. The Morgan fingerprint density at radius 1 is 0.963 bits per heavy atom. The Morgan fingerprint density at radius 2 is 1.59 bits per heavy atom. The smallest absolute Gasteiger partial charge is 0.329 e. The quantitative estimate of drug-likeness (QED) is 0.572. The Labute approximate surface area is 158 Å². The summed E-state index contributed by atoms with van der Waals surface area (Å²) in [5.74, 6) is -1.22. The second-order valence-corrected chi connectivity index (χ2v) is 6.29. The van der Waals surface area contributed by atoms with Crippen molar-refractivity contribution >= 4 is 17.7 Å². The van der Waals surface area contributed by atoms with Gasteiger partial charge in [-0.05, 0) is 18.1 Å². The second kappa shape index (κ2) is 9.52. The van der Waals surface area contributed by atoms with Crippen molar-refractivity contribution < 1.29 is 23.9 Å². The Morgan fingerprint density at radius 3 is 2.22 bits per heavy atom. The van der Waals surface area contributed by atoms with E-state index in [2.05, 4.69) is 5.32 Å². The fraction of sp³-hybridized carbons (Fsp3) is 0.286. The lowest BCUT2D eigenvalue weighted by Crippen LogP contribution is -2.45. The van der Waals surface area contributed by atoms with Gasteiger partial charge in [0.1, 0.15) is 11.8 Å². The molecule has 27 heavy (non-hydrogen) atoms. The number of amides is 1. The summed E-state index contributed by atoms with van der Waals surface area (Å²) in [7, 11) is 1.47. The highest BCUT2D eigenvalue weighted by Gasteiger charge is 2.27. The normalized spacial score (nSPS) is 11.6. The van der Waals surface area contributed by atoms with Gasteiger partial charge in [0, 0.05) is 5.56 Å². The van der Waals surface area contributed by atoms with Crippen LogP contribution in [0.4, 0.5) is 0 Å². The molecule has 0 aliphatic heterocycles. The van der Waals surface area contributed by atoms with Gasteiger partial charge in [-0.2, -0.15) is 0 Å². The predicted octanol–water partition coefficient (Wildman–Crippen LogP) is 2.88. The first kappa shape index (κ1) is 20.2. The van der Waals surface area contributed by atoms with Crippen LogP contribution in [0.5, 0.6) is 5.75 Å². The zero-order valence-electron chi connectivity index (χ0n) is 15.6. The highest BCUT2D eigenvalue weighted by molar-refractivity contribution is 6.00. The van der Waals surface area contributed by atoms with Gasteiger partial charge < -0.3 is 14.8 Å². The highest BCUT2D eigenvalue weighted by Crippen LogP contribution is 2.18. The molecule has 0 fully saturated rings. The number of nitrogens with one attached hydrogen (secondary N) is 1. The van der Waals surface area contributed by atoms with E-state index in [0.29, 0.717) is 16.9 Å². The maximum atomic E-state index is 12.5. The van der Waals surface area contributed by atoms with Crippen LogP contribution >= 0.6 is 0 Å². The van der Waals surface area contributed by atoms with Gasteiger partial charge in [-0.3, -0.25) is 9.59 Å². The second-order valence-electron chi connectivity index (χ2n) is 6.29. The van der Waals surface area contributed by atoms with Crippen LogP contribution < -0.4 is 10.1 Å². The van der Waals surface area contributed by atoms with Gasteiger partial charge in [0.2, 0.25) is 0 Å². The number of Topliss-reactive ketones (excluding diaryl/α,β-unsaturated/α-hetero) is 1. The SMILES string of the molecule is COc1ccccc1C(=O)N[C@H](C(=O)OCC(=O)c1ccccc1)C(C)C. The van der Waals surface area contributed by atoms with Crippen molar-refractivity contribution in [1.29, 1.82) is 0 Å². The number of rotatable bonds is 8. The number of benzene rings is 2. The van der Waals surface area contributed by atoms with E-state index in [-0.39, 0.29) is 18.3 Å². The lowest BCUT2D eigenvalue weighted by Gasteiger charge is -2.21. The molecule has 0 aliphatic rings. The van der Waals surface area contributed by atoms with Crippen LogP contribution in [0.1, 0.15) is 34.6 Å². The van der Waals surface area contributed by atoms with E-state index in [4.69, 9.17) is 9.47 Å². The molecule has 0 unspecified atom stereocenters. The lowest BCUT2D eigenvalue weighted by molar-refractivity contribution is -0.145. The number of para-hydroxylation sites is 1. The molecule has 2 aromatic carbocycles. The summed E-state index contributed by atoms with van der Waals surface area (Å²) in [5, 5.41) is 2.67. The molecule has 2 aromatic rings. The first-order valence-corrected chi connectivity index (χ1v) is 8.62. The fourth-order valence-corrected chi connectivity index (χ4v) is 2.48. The standard InChI is InChI=1S/C21H23NO5/c1-14(2)19(22-20(24)16-11-7-8-12-18(16)26-3)21(25)27-13-17(23)15-9-5-4-6-10-15/h4-12,14,19H,13H2,1-3H3,(H,22,24)/t19-/m0/s1. The van der Waals surface area contributed by atoms with Crippen LogP contribution in [0, 0.1) is 5.92 Å². The van der Waals surface area contributed by atoms with E-state index in [0.717, 1.165) is 0 Å². The summed E-state index contributed by atoms with van der Waals surface area (Å²) in [6, 6.07) is 14.4. The molecule has 0 saturated heterocycles. The van der Waals surface area contributed by atoms with Crippen LogP contribution in [0.3, 0.4) is 0 Å². The molecule has 0 saturated carbocycles. The maximum Gasteiger partial charge on any atom is 0.329 e. The minimum Gasteiger partial charge on any atom is -0.496 e. The third-order valence-electron chi connectivity index (χ3n) is 4.00. The van der Waals surface area contributed by atoms with E-state index in [1.165, 1.54) is 7.11 Å². The molecule has 1 amide bonds. The minimum atomic E-state index is -0.883. The number of hydrogen-bond donors (Lipinski definition) is 1. The van der Waals surface area contributed by atoms with Crippen molar-refractivity contribution in [3.05, 3.63) is 65.7 Å². The number of carbonyl (C=O) groups excluding carboxylic acids is 3. The average Bonchev–Trinajstić information content (AvgIpc) is 2.70. The molecule has 1 N–H and O–H groups in total. The number of methoxy groups -OCH3 is 1. The van der Waals surface area contributed by atoms with E-state index >= 15 is 0 Å². The molecule has 2 rings (SSSR count). The Balaban J connectivity index is 2.02. The van der Waals surface area contributed by atoms with Gasteiger partial charge >= 0.3 is 5.97 Å². The molecule has 0 spiro atoms. The van der Waals surface area contributed by atoms with Gasteiger partial charge in [-0.25, -0.2) is 4.79 Å². The molecule has 0 bridgehead atoms. The molecular weight excluding hydrogens is 346 g/mol. The summed E-state index contributed by atoms with van der Waals surface area (Å²) >= 11 is 0. The van der Waals surface area contributed by atoms with Crippen molar-refractivity contribution in [2.45, 2.75) is 19.9 Å². The van der Waals surface area contributed by atoms with Gasteiger partial charge in [0.15, 0.2) is 12.4 Å². The Bertz CT molecular complexity index is 801. The van der Waals surface area contributed by atoms with Crippen molar-refractivity contribution in [2.75, 3.05) is 13.7 Å². The molecule has 0 heterocycles. The van der Waals surface area contributed by atoms with E-state index in [1.54, 1.807) is 68.4 Å². The van der Waals surface area contributed by atoms with Gasteiger partial charge in [0.05, 0.1) is 12.7 Å². The molecule has 6 nitrogen and oxygen atoms in total. The van der Waals surface area contributed by atoms with Crippen LogP contribution in [-0.2, 0) is 9.53 Å². The molecule has 0 aromatic heterocycles. The zero-order chi connectivity index (χ0) is 19.8. The first-order valence-electron chi connectivity index (χ1n) is 8.62. The van der Waals surface area contributed by atoms with Crippen molar-refractivity contribution in [2.24, 2.45) is 5.92 Å². The largest absolute Gasteiger partial charge is 0.496 e. The molecular formula is C21H23NO5. The zero-order valence-corrected chi connectivity index (χ0v) is 15.6. The highest BCUT2D eigenvalue weighted by atomic mass is 16.5. The summed E-state index contributed by atoms with van der Waals surface area (Å²) in [5.41, 5.74) is 0.781. The molecule has 1 atom stereocenters. The van der Waals surface area contributed by atoms with Gasteiger partial charge in [0.25, 0.3) is 5.91 Å². The lowest BCUT2D eigenvalue weighted by atomic mass is 10.0. The van der Waals surface area contributed by atoms with Crippen LogP contribution in [0.15, 0.2) is 54.6 Å². The monoisotopic (exact) mass is 369 g/mol. The van der Waals surface area contributed by atoms with Crippen LogP contribution in [0.2, 0.25) is 0 Å². The number of ketones is 1. The number of carbonyl (C=O) groups is 3. The third kappa shape index (κ3) is 5.41. The van der Waals surface area contributed by atoms with E-state index in [1.807, 2.05) is 0 Å². The van der Waals surface area contributed by atoms with Crippen LogP contribution in [-0.4, -0.2) is 37.4 Å². The van der Waals surface area contributed by atoms with E-state index in [9.17, 15) is 14.4 Å². The van der Waals surface area contributed by atoms with Crippen molar-refractivity contribution in [3.8, 4) is 5.75 Å². The van der Waals surface area contributed by atoms with E-state index < -0.39 is 17.9 Å². The van der Waals surface area contributed by atoms with Crippen molar-refractivity contribution in [1.82, 2.24) is 5.32 Å². The third-order valence-corrected chi connectivity index (χ3v) is 4.00. The fourth-order valence-electron chi connectivity index (χ4n) is 2.48. The summed E-state index contributed by atoms with van der Waals surface area (Å²) in [6.07, 6.45) is 0. The van der Waals surface area contributed by atoms with Crippen LogP contribution in [0.25, 0.3) is 0 Å². The van der Waals surface area contributed by atoms with Gasteiger partial charge in [-0.1, -0.05) is 56.3 Å². The molecule has 6 heteroatoms. The summed E-state index contributed by atoms with van der Waals surface area (Å²) < 4.78 is 10.3. The predicted molar refractivity (Wildman–Crippen MR) is 101 cm³/mol. The number of hydrogen-bond acceptors (Lipinski definition) is 5. The topological polar surface area (TPSA) is 81.7 Å². The number of ether oxygens (including phenoxy) is 2. The minimum absolute atomic E-state index is 0.219.